The molecule has 1 saturated heterocycles. The third-order valence-corrected chi connectivity index (χ3v) is 8.12. The van der Waals surface area contributed by atoms with Crippen molar-refractivity contribution in [2.24, 2.45) is 5.92 Å². The van der Waals surface area contributed by atoms with Gasteiger partial charge in [-0.05, 0) is 68.4 Å². The molecule has 0 bridgehead atoms. The molecule has 6 heteroatoms. The van der Waals surface area contributed by atoms with E-state index in [0.717, 1.165) is 37.7 Å². The van der Waals surface area contributed by atoms with E-state index in [0.29, 0.717) is 31.5 Å². The molecule has 2 N–H and O–H groups in total. The topological polar surface area (TPSA) is 78.5 Å². The average Bonchev–Trinajstić information content (AvgIpc) is 2.97. The molecule has 38 heavy (non-hydrogen) atoms. The first-order valence-electron chi connectivity index (χ1n) is 14.6. The first-order valence-corrected chi connectivity index (χ1v) is 14.6. The van der Waals surface area contributed by atoms with Gasteiger partial charge in [-0.15, -0.1) is 0 Å². The number of carbonyl (C=O) groups excluding carboxylic acids is 3. The average molecular weight is 518 g/mol. The number of nitrogens with one attached hydrogen (secondary N) is 2. The summed E-state index contributed by atoms with van der Waals surface area (Å²) in [5.41, 5.74) is 2.65. The number of nitrogens with zero attached hydrogens (tertiary/aromatic N) is 1. The summed E-state index contributed by atoms with van der Waals surface area (Å²) in [6, 6.07) is 17.2. The van der Waals surface area contributed by atoms with Gasteiger partial charge in [0.15, 0.2) is 0 Å². The number of unbranched alkanes of at least 4 members (excludes halogenated alkanes) is 3. The summed E-state index contributed by atoms with van der Waals surface area (Å²) in [5, 5.41) is 6.39. The van der Waals surface area contributed by atoms with E-state index in [1.807, 2.05) is 47.4 Å². The number of rotatable bonds is 10. The van der Waals surface area contributed by atoms with Crippen LogP contribution in [-0.2, 0) is 11.2 Å². The van der Waals surface area contributed by atoms with Crippen molar-refractivity contribution < 1.29 is 14.4 Å². The Hall–Kier alpha value is -3.15. The maximum absolute atomic E-state index is 13.2. The number of piperidine rings is 1. The normalized spacial score (nSPS) is 20.1. The van der Waals surface area contributed by atoms with Crippen molar-refractivity contribution in [1.29, 1.82) is 0 Å². The van der Waals surface area contributed by atoms with Crippen molar-refractivity contribution in [1.82, 2.24) is 15.5 Å². The molecule has 2 fully saturated rings. The molecular weight excluding hydrogens is 474 g/mol. The molecule has 2 atom stereocenters. The lowest BCUT2D eigenvalue weighted by atomic mass is 9.88. The Bertz CT molecular complexity index is 1050. The molecule has 0 aromatic heterocycles. The van der Waals surface area contributed by atoms with E-state index in [4.69, 9.17) is 0 Å². The summed E-state index contributed by atoms with van der Waals surface area (Å²) in [6.07, 6.45) is 11.2. The lowest BCUT2D eigenvalue weighted by Gasteiger charge is -2.36. The van der Waals surface area contributed by atoms with Crippen LogP contribution >= 0.6 is 0 Å². The number of aryl methyl sites for hydroxylation is 1. The maximum Gasteiger partial charge on any atom is 0.253 e. The zero-order valence-corrected chi connectivity index (χ0v) is 22.8. The minimum atomic E-state index is -0.100. The highest BCUT2D eigenvalue weighted by Gasteiger charge is 2.32. The predicted molar refractivity (Wildman–Crippen MR) is 151 cm³/mol. The van der Waals surface area contributed by atoms with Crippen LogP contribution in [0.25, 0.3) is 0 Å². The van der Waals surface area contributed by atoms with Gasteiger partial charge in [0.2, 0.25) is 5.91 Å². The number of amides is 3. The Kier molecular flexibility index (Phi) is 10.4. The monoisotopic (exact) mass is 517 g/mol. The molecule has 2 aromatic carbocycles. The van der Waals surface area contributed by atoms with Gasteiger partial charge in [-0.25, -0.2) is 0 Å². The van der Waals surface area contributed by atoms with Gasteiger partial charge in [-0.2, -0.15) is 0 Å². The summed E-state index contributed by atoms with van der Waals surface area (Å²) in [5.74, 6) is -0.0854. The minimum Gasteiger partial charge on any atom is -0.351 e. The van der Waals surface area contributed by atoms with E-state index in [9.17, 15) is 14.4 Å². The molecule has 4 rings (SSSR count). The largest absolute Gasteiger partial charge is 0.351 e. The second kappa shape index (κ2) is 14.1. The second-order valence-corrected chi connectivity index (χ2v) is 10.9. The number of likely N-dealkylation sites (tertiary alicyclic amines) is 1. The third-order valence-electron chi connectivity index (χ3n) is 8.12. The number of carbonyl (C=O) groups is 3. The van der Waals surface area contributed by atoms with E-state index in [2.05, 4.69) is 29.7 Å². The highest BCUT2D eigenvalue weighted by atomic mass is 16.2. The van der Waals surface area contributed by atoms with Crippen LogP contribution in [0.1, 0.15) is 97.4 Å². The van der Waals surface area contributed by atoms with Crippen molar-refractivity contribution >= 4 is 17.7 Å². The molecule has 2 aliphatic rings. The van der Waals surface area contributed by atoms with Gasteiger partial charge in [0.1, 0.15) is 0 Å². The molecule has 1 heterocycles. The quantitative estimate of drug-likeness (QED) is 0.408. The van der Waals surface area contributed by atoms with Gasteiger partial charge in [-0.3, -0.25) is 14.4 Å². The molecule has 1 aliphatic carbocycles. The molecule has 204 valence electrons. The molecule has 1 saturated carbocycles. The summed E-state index contributed by atoms with van der Waals surface area (Å²) >= 11 is 0. The molecule has 6 nitrogen and oxygen atoms in total. The smallest absolute Gasteiger partial charge is 0.253 e. The summed E-state index contributed by atoms with van der Waals surface area (Å²) in [7, 11) is 0. The lowest BCUT2D eigenvalue weighted by molar-refractivity contribution is -0.127. The standard InChI is InChI=1S/C32H43N3O3/c1-2-3-4-6-11-24-16-18-27(19-17-24)32(38)35-22-20-26(21-23-35)31(37)34-29-15-10-9-14-28(29)33-30(36)25-12-7-5-8-13-25/h5,7-8,12-13,16-19,26,28-29H,2-4,6,9-11,14-15,20-23H2,1H3,(H,33,36)(H,34,37)/t28-,29?/m1/s1. The molecule has 1 aliphatic heterocycles. The highest BCUT2D eigenvalue weighted by molar-refractivity contribution is 5.95. The van der Waals surface area contributed by atoms with Gasteiger partial charge < -0.3 is 15.5 Å². The van der Waals surface area contributed by atoms with E-state index in [1.54, 1.807) is 0 Å². The van der Waals surface area contributed by atoms with Crippen LogP contribution in [0.4, 0.5) is 0 Å². The molecule has 1 unspecified atom stereocenters. The van der Waals surface area contributed by atoms with Crippen molar-refractivity contribution in [3.05, 3.63) is 71.3 Å². The Morgan fingerprint density at radius 3 is 2.08 bits per heavy atom. The van der Waals surface area contributed by atoms with Crippen molar-refractivity contribution in [3.8, 4) is 0 Å². The van der Waals surface area contributed by atoms with Crippen LogP contribution in [-0.4, -0.2) is 47.8 Å². The summed E-state index contributed by atoms with van der Waals surface area (Å²) < 4.78 is 0. The van der Waals surface area contributed by atoms with Crippen molar-refractivity contribution in [3.63, 3.8) is 0 Å². The van der Waals surface area contributed by atoms with Crippen molar-refractivity contribution in [2.45, 2.75) is 89.6 Å². The van der Waals surface area contributed by atoms with Crippen LogP contribution < -0.4 is 10.6 Å². The fourth-order valence-electron chi connectivity index (χ4n) is 5.72. The number of hydrogen-bond donors (Lipinski definition) is 2. The predicted octanol–water partition coefficient (Wildman–Crippen LogP) is 5.52. The Balaban J connectivity index is 1.24. The summed E-state index contributed by atoms with van der Waals surface area (Å²) in [4.78, 5) is 40.8. The van der Waals surface area contributed by atoms with E-state index < -0.39 is 0 Å². The van der Waals surface area contributed by atoms with Crippen LogP contribution in [0.2, 0.25) is 0 Å². The molecule has 2 aromatic rings. The second-order valence-electron chi connectivity index (χ2n) is 10.9. The summed E-state index contributed by atoms with van der Waals surface area (Å²) in [6.45, 7) is 3.40. The van der Waals surface area contributed by atoms with E-state index >= 15 is 0 Å². The van der Waals surface area contributed by atoms with Gasteiger partial charge in [-0.1, -0.05) is 69.4 Å². The first-order chi connectivity index (χ1) is 18.5. The highest BCUT2D eigenvalue weighted by Crippen LogP contribution is 2.23. The van der Waals surface area contributed by atoms with Crippen molar-refractivity contribution in [2.75, 3.05) is 13.1 Å². The van der Waals surface area contributed by atoms with E-state index in [1.165, 1.54) is 31.2 Å². The number of hydrogen-bond acceptors (Lipinski definition) is 3. The molecular formula is C32H43N3O3. The zero-order valence-electron chi connectivity index (χ0n) is 22.8. The minimum absolute atomic E-state index is 0.0513. The van der Waals surface area contributed by atoms with Gasteiger partial charge in [0.25, 0.3) is 11.8 Å². The van der Waals surface area contributed by atoms with Crippen LogP contribution in [0.3, 0.4) is 0 Å². The molecule has 0 radical (unpaired) electrons. The van der Waals surface area contributed by atoms with Crippen LogP contribution in [0.5, 0.6) is 0 Å². The zero-order chi connectivity index (χ0) is 26.7. The van der Waals surface area contributed by atoms with E-state index in [-0.39, 0.29) is 35.7 Å². The lowest BCUT2D eigenvalue weighted by Crippen LogP contribution is -2.55. The fraction of sp³-hybridized carbons (Fsp3) is 0.531. The Morgan fingerprint density at radius 2 is 1.42 bits per heavy atom. The Morgan fingerprint density at radius 1 is 0.763 bits per heavy atom. The fourth-order valence-corrected chi connectivity index (χ4v) is 5.72. The van der Waals surface area contributed by atoms with Crippen LogP contribution in [0, 0.1) is 5.92 Å². The Labute approximate surface area is 227 Å². The maximum atomic E-state index is 13.2. The van der Waals surface area contributed by atoms with Gasteiger partial charge in [0, 0.05) is 42.2 Å². The van der Waals surface area contributed by atoms with Gasteiger partial charge >= 0.3 is 0 Å². The van der Waals surface area contributed by atoms with Gasteiger partial charge in [0.05, 0.1) is 0 Å². The molecule has 3 amide bonds. The first kappa shape index (κ1) is 27.9. The third kappa shape index (κ3) is 7.68. The van der Waals surface area contributed by atoms with Crippen LogP contribution in [0.15, 0.2) is 54.6 Å². The SMILES string of the molecule is CCCCCCc1ccc(C(=O)N2CCC(C(=O)NC3CCCC[C@H]3NC(=O)c3ccccc3)CC2)cc1. The molecule has 0 spiro atoms. The number of benzene rings is 2.